The molecular weight excluding hydrogens is 322 g/mol. The van der Waals surface area contributed by atoms with E-state index >= 15 is 0 Å². The van der Waals surface area contributed by atoms with Gasteiger partial charge in [-0.1, -0.05) is 0 Å². The SMILES string of the molecule is CN(Cc1ccco1)[C@@H]1CN(Cc2nccs2)C[C@@H]2CCCO[C@@H]21. The number of fused-ring (bicyclic) bond motifs is 1. The topological polar surface area (TPSA) is 41.7 Å². The second kappa shape index (κ2) is 7.35. The van der Waals surface area contributed by atoms with E-state index in [1.807, 2.05) is 18.3 Å². The summed E-state index contributed by atoms with van der Waals surface area (Å²) in [6.07, 6.45) is 6.44. The van der Waals surface area contributed by atoms with Crippen LogP contribution < -0.4 is 0 Å². The molecule has 130 valence electrons. The summed E-state index contributed by atoms with van der Waals surface area (Å²) in [4.78, 5) is 9.41. The number of hydrogen-bond donors (Lipinski definition) is 0. The van der Waals surface area contributed by atoms with Crippen molar-refractivity contribution >= 4 is 11.3 Å². The van der Waals surface area contributed by atoms with Crippen molar-refractivity contribution in [1.29, 1.82) is 0 Å². The minimum absolute atomic E-state index is 0.339. The molecule has 3 atom stereocenters. The monoisotopic (exact) mass is 347 g/mol. The summed E-state index contributed by atoms with van der Waals surface area (Å²) in [5, 5.41) is 3.27. The lowest BCUT2D eigenvalue weighted by atomic mass is 9.85. The standard InChI is InChI=1S/C18H25N3O2S/c1-20(11-15-5-3-7-22-15)16-12-21(13-17-19-6-9-24-17)10-14-4-2-8-23-18(14)16/h3,5-7,9,14,16,18H,2,4,8,10-13H2,1H3/t14-,16+,18-/m0/s1. The van der Waals surface area contributed by atoms with Gasteiger partial charge in [-0.05, 0) is 37.9 Å². The zero-order valence-corrected chi connectivity index (χ0v) is 15.0. The number of ether oxygens (including phenoxy) is 1. The lowest BCUT2D eigenvalue weighted by molar-refractivity contribution is -0.113. The molecule has 24 heavy (non-hydrogen) atoms. The number of likely N-dealkylation sites (tertiary alicyclic amines) is 1. The van der Waals surface area contributed by atoms with Crippen molar-refractivity contribution < 1.29 is 9.15 Å². The molecule has 5 nitrogen and oxygen atoms in total. The Morgan fingerprint density at radius 1 is 1.42 bits per heavy atom. The van der Waals surface area contributed by atoms with Crippen LogP contribution >= 0.6 is 11.3 Å². The van der Waals surface area contributed by atoms with E-state index in [4.69, 9.17) is 9.15 Å². The molecule has 2 aromatic heterocycles. The molecule has 0 saturated carbocycles. The molecule has 4 rings (SSSR count). The van der Waals surface area contributed by atoms with Crippen LogP contribution in [0, 0.1) is 5.92 Å². The van der Waals surface area contributed by atoms with Crippen LogP contribution in [0.25, 0.3) is 0 Å². The van der Waals surface area contributed by atoms with Crippen molar-refractivity contribution in [2.24, 2.45) is 5.92 Å². The van der Waals surface area contributed by atoms with Crippen LogP contribution in [0.3, 0.4) is 0 Å². The minimum Gasteiger partial charge on any atom is -0.468 e. The molecule has 2 aromatic rings. The average molecular weight is 347 g/mol. The molecule has 2 saturated heterocycles. The molecule has 4 heterocycles. The number of rotatable bonds is 5. The van der Waals surface area contributed by atoms with E-state index in [9.17, 15) is 0 Å². The molecule has 0 unspecified atom stereocenters. The van der Waals surface area contributed by atoms with Crippen molar-refractivity contribution in [2.45, 2.75) is 38.1 Å². The van der Waals surface area contributed by atoms with Gasteiger partial charge in [-0.3, -0.25) is 9.80 Å². The number of nitrogens with zero attached hydrogens (tertiary/aromatic N) is 3. The zero-order valence-electron chi connectivity index (χ0n) is 14.1. The van der Waals surface area contributed by atoms with Crippen molar-refractivity contribution in [1.82, 2.24) is 14.8 Å². The van der Waals surface area contributed by atoms with Crippen molar-refractivity contribution in [2.75, 3.05) is 26.7 Å². The van der Waals surface area contributed by atoms with Gasteiger partial charge in [0.15, 0.2) is 0 Å². The normalized spacial score (nSPS) is 28.2. The Bertz CT molecular complexity index is 582. The Hall–Kier alpha value is -1.21. The molecule has 0 aliphatic carbocycles. The van der Waals surface area contributed by atoms with E-state index in [2.05, 4.69) is 27.2 Å². The maximum atomic E-state index is 6.21. The van der Waals surface area contributed by atoms with Crippen LogP contribution in [0.15, 0.2) is 34.4 Å². The predicted molar refractivity (Wildman–Crippen MR) is 93.8 cm³/mol. The van der Waals surface area contributed by atoms with Gasteiger partial charge in [0.1, 0.15) is 10.8 Å². The highest BCUT2D eigenvalue weighted by molar-refractivity contribution is 7.09. The molecule has 2 fully saturated rings. The van der Waals surface area contributed by atoms with Gasteiger partial charge < -0.3 is 9.15 Å². The second-order valence-electron chi connectivity index (χ2n) is 6.92. The van der Waals surface area contributed by atoms with Gasteiger partial charge in [0.25, 0.3) is 0 Å². The largest absolute Gasteiger partial charge is 0.468 e. The third kappa shape index (κ3) is 3.57. The molecule has 0 radical (unpaired) electrons. The molecule has 0 bridgehead atoms. The number of piperidine rings is 1. The molecule has 6 heteroatoms. The second-order valence-corrected chi connectivity index (χ2v) is 7.90. The van der Waals surface area contributed by atoms with Gasteiger partial charge in [0.05, 0.1) is 25.5 Å². The Labute approximate surface area is 147 Å². The van der Waals surface area contributed by atoms with Gasteiger partial charge in [0.2, 0.25) is 0 Å². The maximum Gasteiger partial charge on any atom is 0.117 e. The van der Waals surface area contributed by atoms with Crippen LogP contribution in [0.5, 0.6) is 0 Å². The summed E-state index contributed by atoms with van der Waals surface area (Å²) < 4.78 is 11.7. The molecule has 0 aromatic carbocycles. The van der Waals surface area contributed by atoms with Crippen LogP contribution in [-0.2, 0) is 17.8 Å². The lowest BCUT2D eigenvalue weighted by Crippen LogP contribution is -2.59. The Morgan fingerprint density at radius 3 is 3.17 bits per heavy atom. The summed E-state index contributed by atoms with van der Waals surface area (Å²) >= 11 is 1.75. The van der Waals surface area contributed by atoms with E-state index in [1.165, 1.54) is 17.8 Å². The summed E-state index contributed by atoms with van der Waals surface area (Å²) in [5.41, 5.74) is 0. The highest BCUT2D eigenvalue weighted by atomic mass is 32.1. The van der Waals surface area contributed by atoms with Gasteiger partial charge >= 0.3 is 0 Å². The predicted octanol–water partition coefficient (Wildman–Crippen LogP) is 2.85. The maximum absolute atomic E-state index is 6.21. The molecule has 0 spiro atoms. The van der Waals surface area contributed by atoms with Gasteiger partial charge in [0, 0.05) is 37.3 Å². The molecule has 2 aliphatic heterocycles. The first kappa shape index (κ1) is 16.3. The van der Waals surface area contributed by atoms with Crippen molar-refractivity contribution in [3.8, 4) is 0 Å². The number of aromatic nitrogens is 1. The highest BCUT2D eigenvalue weighted by Gasteiger charge is 2.41. The third-order valence-corrected chi connectivity index (χ3v) is 5.97. The molecule has 0 N–H and O–H groups in total. The zero-order chi connectivity index (χ0) is 16.4. The highest BCUT2D eigenvalue weighted by Crippen LogP contribution is 2.32. The Balaban J connectivity index is 1.48. The van der Waals surface area contributed by atoms with Gasteiger partial charge in [-0.25, -0.2) is 4.98 Å². The van der Waals surface area contributed by atoms with E-state index < -0.39 is 0 Å². The van der Waals surface area contributed by atoms with E-state index in [1.54, 1.807) is 17.6 Å². The quantitative estimate of drug-likeness (QED) is 0.832. The van der Waals surface area contributed by atoms with Gasteiger partial charge in [-0.15, -0.1) is 11.3 Å². The Kier molecular flexibility index (Phi) is 4.98. The van der Waals surface area contributed by atoms with Crippen LogP contribution in [-0.4, -0.2) is 53.7 Å². The van der Waals surface area contributed by atoms with Crippen LogP contribution in [0.1, 0.15) is 23.6 Å². The number of thiazole rings is 1. The smallest absolute Gasteiger partial charge is 0.117 e. The van der Waals surface area contributed by atoms with Gasteiger partial charge in [-0.2, -0.15) is 0 Å². The lowest BCUT2D eigenvalue weighted by Gasteiger charge is -2.48. The first-order chi connectivity index (χ1) is 11.8. The first-order valence-electron chi connectivity index (χ1n) is 8.74. The molecule has 2 aliphatic rings. The number of likely N-dealkylation sites (N-methyl/N-ethyl adjacent to an activating group) is 1. The summed E-state index contributed by atoms with van der Waals surface area (Å²) in [6, 6.07) is 4.40. The van der Waals surface area contributed by atoms with Crippen molar-refractivity contribution in [3.63, 3.8) is 0 Å². The third-order valence-electron chi connectivity index (χ3n) is 5.21. The van der Waals surface area contributed by atoms with E-state index in [0.717, 1.165) is 38.5 Å². The van der Waals surface area contributed by atoms with Crippen molar-refractivity contribution in [3.05, 3.63) is 40.7 Å². The summed E-state index contributed by atoms with van der Waals surface area (Å²) in [7, 11) is 2.19. The fourth-order valence-electron chi connectivity index (χ4n) is 4.07. The van der Waals surface area contributed by atoms with Crippen LogP contribution in [0.2, 0.25) is 0 Å². The fraction of sp³-hybridized carbons (Fsp3) is 0.611. The van der Waals surface area contributed by atoms with E-state index in [0.29, 0.717) is 18.1 Å². The fourth-order valence-corrected chi connectivity index (χ4v) is 4.73. The average Bonchev–Trinajstić information content (AvgIpc) is 3.28. The molecular formula is C18H25N3O2S. The summed E-state index contributed by atoms with van der Waals surface area (Å²) in [5.74, 6) is 1.64. The minimum atomic E-state index is 0.339. The van der Waals surface area contributed by atoms with Crippen LogP contribution in [0.4, 0.5) is 0 Å². The number of hydrogen-bond acceptors (Lipinski definition) is 6. The number of furan rings is 1. The summed E-state index contributed by atoms with van der Waals surface area (Å²) in [6.45, 7) is 4.83. The van der Waals surface area contributed by atoms with E-state index in [-0.39, 0.29) is 0 Å². The molecule has 0 amide bonds. The Morgan fingerprint density at radius 2 is 2.38 bits per heavy atom. The first-order valence-corrected chi connectivity index (χ1v) is 9.62.